The number of ether oxygens (including phenoxy) is 1. The van der Waals surface area contributed by atoms with Crippen LogP contribution in [0.2, 0.25) is 0 Å². The molecule has 0 saturated heterocycles. The number of nitrogens with one attached hydrogen (secondary N) is 2. The molecule has 0 radical (unpaired) electrons. The Morgan fingerprint density at radius 1 is 1.04 bits per heavy atom. The van der Waals surface area contributed by atoms with Crippen molar-refractivity contribution in [1.82, 2.24) is 0 Å². The third kappa shape index (κ3) is 5.00. The summed E-state index contributed by atoms with van der Waals surface area (Å²) in [5.41, 5.74) is 1.51. The summed E-state index contributed by atoms with van der Waals surface area (Å²) < 4.78 is 4.94. The van der Waals surface area contributed by atoms with Crippen LogP contribution in [0.3, 0.4) is 0 Å². The Bertz CT molecular complexity index is 799. The Morgan fingerprint density at radius 3 is 2.36 bits per heavy atom. The summed E-state index contributed by atoms with van der Waals surface area (Å²) in [6.07, 6.45) is 0.524. The van der Waals surface area contributed by atoms with Gasteiger partial charge in [0.15, 0.2) is 12.4 Å². The maximum atomic E-state index is 11.9. The lowest BCUT2D eigenvalue weighted by atomic mass is 10.1. The van der Waals surface area contributed by atoms with Gasteiger partial charge in [0.2, 0.25) is 6.41 Å². The molecular formula is C18H16N2O5. The van der Waals surface area contributed by atoms with E-state index < -0.39 is 18.5 Å². The van der Waals surface area contributed by atoms with Crippen molar-refractivity contribution in [3.8, 4) is 0 Å². The molecule has 25 heavy (non-hydrogen) atoms. The molecule has 0 spiro atoms. The van der Waals surface area contributed by atoms with Gasteiger partial charge in [0.25, 0.3) is 5.91 Å². The lowest BCUT2D eigenvalue weighted by Gasteiger charge is -2.09. The van der Waals surface area contributed by atoms with Crippen LogP contribution in [0.5, 0.6) is 0 Å². The lowest BCUT2D eigenvalue weighted by molar-refractivity contribution is -0.119. The Morgan fingerprint density at radius 2 is 1.72 bits per heavy atom. The van der Waals surface area contributed by atoms with Crippen LogP contribution >= 0.6 is 0 Å². The highest BCUT2D eigenvalue weighted by Gasteiger charge is 2.13. The largest absolute Gasteiger partial charge is 0.452 e. The molecule has 0 aliphatic carbocycles. The molecule has 7 heteroatoms. The second-order valence-electron chi connectivity index (χ2n) is 5.07. The minimum Gasteiger partial charge on any atom is -0.452 e. The standard InChI is InChI=1S/C18H16N2O5/c1-12(22)15-4-2-3-5-16(15)20-17(23)10-25-18(24)13-6-8-14(9-7-13)19-11-21/h2-9,11H,10H2,1H3,(H,19,21)(H,20,23). The van der Waals surface area contributed by atoms with Crippen molar-refractivity contribution < 1.29 is 23.9 Å². The van der Waals surface area contributed by atoms with E-state index in [1.807, 2.05) is 0 Å². The number of hydrogen-bond donors (Lipinski definition) is 2. The molecule has 0 fully saturated rings. The molecule has 2 aromatic carbocycles. The molecule has 0 aliphatic heterocycles. The average molecular weight is 340 g/mol. The van der Waals surface area contributed by atoms with E-state index in [0.29, 0.717) is 23.3 Å². The van der Waals surface area contributed by atoms with Crippen molar-refractivity contribution in [2.24, 2.45) is 0 Å². The summed E-state index contributed by atoms with van der Waals surface area (Å²) in [5.74, 6) is -1.41. The number of carbonyl (C=O) groups excluding carboxylic acids is 4. The van der Waals surface area contributed by atoms with E-state index in [0.717, 1.165) is 0 Å². The van der Waals surface area contributed by atoms with E-state index in [9.17, 15) is 19.2 Å². The number of amides is 2. The normalized spacial score (nSPS) is 9.80. The molecule has 2 aromatic rings. The highest BCUT2D eigenvalue weighted by molar-refractivity contribution is 6.04. The Kier molecular flexibility index (Phi) is 6.00. The number of rotatable bonds is 7. The molecule has 0 unspecified atom stereocenters. The van der Waals surface area contributed by atoms with Crippen LogP contribution in [-0.4, -0.2) is 30.7 Å². The van der Waals surface area contributed by atoms with Crippen LogP contribution < -0.4 is 10.6 Å². The third-order valence-corrected chi connectivity index (χ3v) is 3.26. The van der Waals surface area contributed by atoms with Gasteiger partial charge in [0.05, 0.1) is 11.3 Å². The summed E-state index contributed by atoms with van der Waals surface area (Å²) in [7, 11) is 0. The monoisotopic (exact) mass is 340 g/mol. The van der Waals surface area contributed by atoms with Crippen LogP contribution in [-0.2, 0) is 14.3 Å². The molecule has 7 nitrogen and oxygen atoms in total. The van der Waals surface area contributed by atoms with Gasteiger partial charge in [0.1, 0.15) is 0 Å². The Hall–Kier alpha value is -3.48. The minimum absolute atomic E-state index is 0.183. The topological polar surface area (TPSA) is 102 Å². The van der Waals surface area contributed by atoms with Gasteiger partial charge >= 0.3 is 5.97 Å². The first-order valence-electron chi connectivity index (χ1n) is 7.38. The van der Waals surface area contributed by atoms with Crippen molar-refractivity contribution in [1.29, 1.82) is 0 Å². The SMILES string of the molecule is CC(=O)c1ccccc1NC(=O)COC(=O)c1ccc(NC=O)cc1. The number of para-hydroxylation sites is 1. The van der Waals surface area contributed by atoms with Crippen LogP contribution in [0.25, 0.3) is 0 Å². The van der Waals surface area contributed by atoms with E-state index in [1.165, 1.54) is 31.2 Å². The highest BCUT2D eigenvalue weighted by Crippen LogP contribution is 2.15. The summed E-state index contributed by atoms with van der Waals surface area (Å²) in [5, 5.41) is 4.98. The molecule has 2 rings (SSSR count). The number of benzene rings is 2. The molecule has 0 saturated carbocycles. The number of carbonyl (C=O) groups is 4. The smallest absolute Gasteiger partial charge is 0.338 e. The van der Waals surface area contributed by atoms with Gasteiger partial charge in [-0.05, 0) is 43.3 Å². The van der Waals surface area contributed by atoms with E-state index >= 15 is 0 Å². The summed E-state index contributed by atoms with van der Waals surface area (Å²) >= 11 is 0. The summed E-state index contributed by atoms with van der Waals surface area (Å²) in [6.45, 7) is 0.910. The average Bonchev–Trinajstić information content (AvgIpc) is 2.61. The van der Waals surface area contributed by atoms with Crippen LogP contribution in [0.4, 0.5) is 11.4 Å². The molecule has 128 valence electrons. The van der Waals surface area contributed by atoms with Crippen molar-refractivity contribution >= 4 is 35.4 Å². The maximum Gasteiger partial charge on any atom is 0.338 e. The zero-order chi connectivity index (χ0) is 18.2. The third-order valence-electron chi connectivity index (χ3n) is 3.26. The van der Waals surface area contributed by atoms with Gasteiger partial charge in [-0.15, -0.1) is 0 Å². The number of ketones is 1. The van der Waals surface area contributed by atoms with Gasteiger partial charge in [-0.1, -0.05) is 12.1 Å². The maximum absolute atomic E-state index is 11.9. The number of anilines is 2. The minimum atomic E-state index is -0.673. The second kappa shape index (κ2) is 8.39. The van der Waals surface area contributed by atoms with Crippen molar-refractivity contribution in [3.63, 3.8) is 0 Å². The molecule has 2 amide bonds. The summed E-state index contributed by atoms with van der Waals surface area (Å²) in [4.78, 5) is 45.6. The second-order valence-corrected chi connectivity index (χ2v) is 5.07. The molecular weight excluding hydrogens is 324 g/mol. The van der Waals surface area contributed by atoms with Crippen molar-refractivity contribution in [3.05, 3.63) is 59.7 Å². The van der Waals surface area contributed by atoms with Gasteiger partial charge in [0, 0.05) is 11.3 Å². The van der Waals surface area contributed by atoms with Gasteiger partial charge < -0.3 is 15.4 Å². The first-order chi connectivity index (χ1) is 12.0. The zero-order valence-corrected chi connectivity index (χ0v) is 13.4. The van der Waals surface area contributed by atoms with E-state index in [-0.39, 0.29) is 11.3 Å². The van der Waals surface area contributed by atoms with Gasteiger partial charge in [-0.2, -0.15) is 0 Å². The van der Waals surface area contributed by atoms with E-state index in [1.54, 1.807) is 24.3 Å². The molecule has 0 atom stereocenters. The van der Waals surface area contributed by atoms with E-state index in [2.05, 4.69) is 10.6 Å². The number of Topliss-reactive ketones (excluding diaryl/α,β-unsaturated/α-hetero) is 1. The molecule has 0 aromatic heterocycles. The Labute approximate surface area is 144 Å². The molecule has 0 heterocycles. The lowest BCUT2D eigenvalue weighted by Crippen LogP contribution is -2.22. The van der Waals surface area contributed by atoms with Crippen LogP contribution in [0.15, 0.2) is 48.5 Å². The Balaban J connectivity index is 1.92. The quantitative estimate of drug-likeness (QED) is 0.457. The van der Waals surface area contributed by atoms with E-state index in [4.69, 9.17) is 4.74 Å². The van der Waals surface area contributed by atoms with Gasteiger partial charge in [-0.3, -0.25) is 14.4 Å². The first kappa shape index (κ1) is 17.9. The molecule has 0 bridgehead atoms. The number of hydrogen-bond acceptors (Lipinski definition) is 5. The summed E-state index contributed by atoms with van der Waals surface area (Å²) in [6, 6.07) is 12.6. The predicted octanol–water partition coefficient (Wildman–Crippen LogP) is 2.25. The fourth-order valence-electron chi connectivity index (χ4n) is 2.07. The van der Waals surface area contributed by atoms with Crippen molar-refractivity contribution in [2.75, 3.05) is 17.2 Å². The predicted molar refractivity (Wildman–Crippen MR) is 91.5 cm³/mol. The van der Waals surface area contributed by atoms with Crippen molar-refractivity contribution in [2.45, 2.75) is 6.92 Å². The molecule has 2 N–H and O–H groups in total. The van der Waals surface area contributed by atoms with Crippen LogP contribution in [0, 0.1) is 0 Å². The van der Waals surface area contributed by atoms with Gasteiger partial charge in [-0.25, -0.2) is 4.79 Å². The first-order valence-corrected chi connectivity index (χ1v) is 7.38. The molecule has 0 aliphatic rings. The zero-order valence-electron chi connectivity index (χ0n) is 13.4. The fourth-order valence-corrected chi connectivity index (χ4v) is 2.07. The number of esters is 1. The van der Waals surface area contributed by atoms with Crippen LogP contribution in [0.1, 0.15) is 27.6 Å². The fraction of sp³-hybridized carbons (Fsp3) is 0.111. The highest BCUT2D eigenvalue weighted by atomic mass is 16.5.